The number of hydrogen-bond donors (Lipinski definition) is 1. The summed E-state index contributed by atoms with van der Waals surface area (Å²) in [6.07, 6.45) is 0.178. The second-order valence-electron chi connectivity index (χ2n) is 6.34. The number of halogens is 2. The summed E-state index contributed by atoms with van der Waals surface area (Å²) in [7, 11) is 2.49. The van der Waals surface area contributed by atoms with Crippen molar-refractivity contribution >= 4 is 57.8 Å². The Kier molecular flexibility index (Phi) is 7.11. The predicted octanol–water partition coefficient (Wildman–Crippen LogP) is 5.66. The van der Waals surface area contributed by atoms with Crippen molar-refractivity contribution in [2.45, 2.75) is 16.7 Å². The van der Waals surface area contributed by atoms with Crippen molar-refractivity contribution in [3.8, 4) is 0 Å². The number of carbonyl (C=O) groups is 2. The molecule has 5 nitrogen and oxygen atoms in total. The largest absolute Gasteiger partial charge is 0.468 e. The van der Waals surface area contributed by atoms with Crippen LogP contribution in [0.1, 0.15) is 17.2 Å². The summed E-state index contributed by atoms with van der Waals surface area (Å²) in [5.74, 6) is -2.33. The summed E-state index contributed by atoms with van der Waals surface area (Å²) in [6, 6.07) is 15.2. The molecule has 29 heavy (non-hydrogen) atoms. The number of methoxy groups -OCH3 is 2. The zero-order valence-corrected chi connectivity index (χ0v) is 18.1. The first-order valence-corrected chi connectivity index (χ1v) is 10.4. The third-order valence-electron chi connectivity index (χ3n) is 4.51. The minimum absolute atomic E-state index is 0.178. The highest BCUT2D eigenvalue weighted by Crippen LogP contribution is 2.42. The van der Waals surface area contributed by atoms with Gasteiger partial charge in [-0.05, 0) is 36.2 Å². The molecule has 0 aliphatic carbocycles. The van der Waals surface area contributed by atoms with Gasteiger partial charge in [0.1, 0.15) is 0 Å². The van der Waals surface area contributed by atoms with E-state index in [0.29, 0.717) is 10.0 Å². The minimum atomic E-state index is -1.05. The molecule has 0 saturated carbocycles. The Hall–Kier alpha value is -2.15. The average Bonchev–Trinajstić information content (AvgIpc) is 3.14. The van der Waals surface area contributed by atoms with Crippen LogP contribution in [0.3, 0.4) is 0 Å². The topological polar surface area (TPSA) is 68.4 Å². The molecule has 0 spiro atoms. The molecule has 0 aliphatic rings. The van der Waals surface area contributed by atoms with Crippen molar-refractivity contribution in [3.05, 3.63) is 64.1 Å². The molecule has 1 aromatic heterocycles. The van der Waals surface area contributed by atoms with Crippen molar-refractivity contribution in [2.75, 3.05) is 14.2 Å². The standard InChI is InChI=1S/C21H19Cl2NO4S/c1-27-20(25)14(21(26)28-2)11-18(13-7-8-15(22)16(23)9-13)29-19-10-12-5-3-4-6-17(12)24-19/h3-10,14,18,24H,11H2,1-2H3. The maximum atomic E-state index is 12.2. The molecule has 3 rings (SSSR count). The van der Waals surface area contributed by atoms with E-state index in [1.165, 1.54) is 26.0 Å². The summed E-state index contributed by atoms with van der Waals surface area (Å²) < 4.78 is 9.62. The first kappa shape index (κ1) is 21.6. The highest BCUT2D eigenvalue weighted by Gasteiger charge is 2.33. The summed E-state index contributed by atoms with van der Waals surface area (Å²) in [6.45, 7) is 0. The lowest BCUT2D eigenvalue weighted by molar-refractivity contribution is -0.159. The third-order valence-corrected chi connectivity index (χ3v) is 6.47. The van der Waals surface area contributed by atoms with Crippen LogP contribution in [0.15, 0.2) is 53.6 Å². The molecule has 0 amide bonds. The van der Waals surface area contributed by atoms with Crippen molar-refractivity contribution in [3.63, 3.8) is 0 Å². The molecule has 1 heterocycles. The van der Waals surface area contributed by atoms with Crippen LogP contribution in [0.4, 0.5) is 0 Å². The second kappa shape index (κ2) is 9.57. The van der Waals surface area contributed by atoms with E-state index < -0.39 is 17.9 Å². The Morgan fingerprint density at radius 2 is 1.69 bits per heavy atom. The Morgan fingerprint density at radius 3 is 2.31 bits per heavy atom. The first-order chi connectivity index (χ1) is 13.9. The van der Waals surface area contributed by atoms with E-state index in [2.05, 4.69) is 4.98 Å². The molecule has 0 aliphatic heterocycles. The smallest absolute Gasteiger partial charge is 0.320 e. The zero-order chi connectivity index (χ0) is 21.0. The fourth-order valence-electron chi connectivity index (χ4n) is 3.02. The minimum Gasteiger partial charge on any atom is -0.468 e. The van der Waals surface area contributed by atoms with E-state index in [9.17, 15) is 9.59 Å². The number of ether oxygens (including phenoxy) is 2. The first-order valence-electron chi connectivity index (χ1n) is 8.78. The number of rotatable bonds is 7. The molecule has 152 valence electrons. The van der Waals surface area contributed by atoms with Gasteiger partial charge in [0.05, 0.1) is 29.3 Å². The molecule has 0 bridgehead atoms. The molecular formula is C21H19Cl2NO4S. The molecule has 0 radical (unpaired) electrons. The maximum Gasteiger partial charge on any atom is 0.320 e. The van der Waals surface area contributed by atoms with Crippen LogP contribution >= 0.6 is 35.0 Å². The number of benzene rings is 2. The van der Waals surface area contributed by atoms with Crippen LogP contribution in [0.25, 0.3) is 10.9 Å². The number of H-pyrrole nitrogens is 1. The summed E-state index contributed by atoms with van der Waals surface area (Å²) in [4.78, 5) is 27.8. The molecule has 0 saturated heterocycles. The quantitative estimate of drug-likeness (QED) is 0.285. The average molecular weight is 452 g/mol. The zero-order valence-electron chi connectivity index (χ0n) is 15.8. The number of esters is 2. The molecule has 8 heteroatoms. The lowest BCUT2D eigenvalue weighted by Gasteiger charge is -2.21. The van der Waals surface area contributed by atoms with Crippen molar-refractivity contribution in [1.29, 1.82) is 0 Å². The Labute approximate surface area is 182 Å². The van der Waals surface area contributed by atoms with Crippen molar-refractivity contribution < 1.29 is 19.1 Å². The van der Waals surface area contributed by atoms with Gasteiger partial charge >= 0.3 is 11.9 Å². The normalized spacial score (nSPS) is 12.2. The molecular weight excluding hydrogens is 433 g/mol. The SMILES string of the molecule is COC(=O)C(CC(Sc1cc2ccccc2[nH]1)c1ccc(Cl)c(Cl)c1)C(=O)OC. The number of aromatic nitrogens is 1. The number of aromatic amines is 1. The number of hydrogen-bond acceptors (Lipinski definition) is 5. The van der Waals surface area contributed by atoms with Crippen LogP contribution in [0.5, 0.6) is 0 Å². The van der Waals surface area contributed by atoms with E-state index >= 15 is 0 Å². The van der Waals surface area contributed by atoms with Crippen LogP contribution in [0.2, 0.25) is 10.0 Å². The Balaban J connectivity index is 1.96. The van der Waals surface area contributed by atoms with Gasteiger partial charge in [-0.2, -0.15) is 0 Å². The lowest BCUT2D eigenvalue weighted by atomic mass is 9.99. The van der Waals surface area contributed by atoms with E-state index in [1.54, 1.807) is 12.1 Å². The van der Waals surface area contributed by atoms with Gasteiger partial charge in [-0.25, -0.2) is 0 Å². The van der Waals surface area contributed by atoms with Crippen LogP contribution in [-0.4, -0.2) is 31.1 Å². The van der Waals surface area contributed by atoms with E-state index in [1.807, 2.05) is 36.4 Å². The summed E-state index contributed by atoms with van der Waals surface area (Å²) in [5.41, 5.74) is 1.83. The Morgan fingerprint density at radius 1 is 1.00 bits per heavy atom. The van der Waals surface area contributed by atoms with Gasteiger partial charge in [0.25, 0.3) is 0 Å². The molecule has 3 aromatic rings. The number of thioether (sulfide) groups is 1. The lowest BCUT2D eigenvalue weighted by Crippen LogP contribution is -2.27. The fourth-order valence-corrected chi connectivity index (χ4v) is 4.56. The molecule has 1 atom stereocenters. The highest BCUT2D eigenvalue weighted by molar-refractivity contribution is 7.99. The van der Waals surface area contributed by atoms with Gasteiger partial charge in [0, 0.05) is 16.2 Å². The van der Waals surface area contributed by atoms with Crippen molar-refractivity contribution in [1.82, 2.24) is 4.98 Å². The number of para-hydroxylation sites is 1. The van der Waals surface area contributed by atoms with Gasteiger partial charge in [-0.15, -0.1) is 11.8 Å². The monoisotopic (exact) mass is 451 g/mol. The highest BCUT2D eigenvalue weighted by atomic mass is 35.5. The van der Waals surface area contributed by atoms with Crippen LogP contribution in [-0.2, 0) is 19.1 Å². The maximum absolute atomic E-state index is 12.2. The number of carbonyl (C=O) groups excluding carboxylic acids is 2. The van der Waals surface area contributed by atoms with Crippen LogP contribution in [0, 0.1) is 5.92 Å². The third kappa shape index (κ3) is 5.07. The van der Waals surface area contributed by atoms with E-state index in [-0.39, 0.29) is 11.7 Å². The summed E-state index contributed by atoms with van der Waals surface area (Å²) >= 11 is 13.8. The van der Waals surface area contributed by atoms with Gasteiger partial charge < -0.3 is 14.5 Å². The second-order valence-corrected chi connectivity index (χ2v) is 8.39. The van der Waals surface area contributed by atoms with Gasteiger partial charge in [-0.1, -0.05) is 47.5 Å². The molecule has 2 aromatic carbocycles. The number of nitrogens with one attached hydrogen (secondary N) is 1. The fraction of sp³-hybridized carbons (Fsp3) is 0.238. The van der Waals surface area contributed by atoms with Gasteiger partial charge in [0.15, 0.2) is 5.92 Å². The summed E-state index contributed by atoms with van der Waals surface area (Å²) in [5, 5.41) is 2.53. The van der Waals surface area contributed by atoms with Crippen LogP contribution < -0.4 is 0 Å². The van der Waals surface area contributed by atoms with E-state index in [0.717, 1.165) is 21.5 Å². The number of fused-ring (bicyclic) bond motifs is 1. The van der Waals surface area contributed by atoms with E-state index in [4.69, 9.17) is 32.7 Å². The predicted molar refractivity (Wildman–Crippen MR) is 115 cm³/mol. The van der Waals surface area contributed by atoms with Crippen molar-refractivity contribution in [2.24, 2.45) is 5.92 Å². The van der Waals surface area contributed by atoms with Gasteiger partial charge in [-0.3, -0.25) is 9.59 Å². The molecule has 1 unspecified atom stereocenters. The Bertz CT molecular complexity index is 987. The molecule has 1 N–H and O–H groups in total. The molecule has 0 fully saturated rings. The van der Waals surface area contributed by atoms with Gasteiger partial charge in [0.2, 0.25) is 0 Å².